The molecule has 0 unspecified atom stereocenters. The average molecular weight is 259 g/mol. The third-order valence-corrected chi connectivity index (χ3v) is 3.31. The molecule has 0 radical (unpaired) electrons. The number of rotatable bonds is 4. The summed E-state index contributed by atoms with van der Waals surface area (Å²) in [6.45, 7) is 0.441. The van der Waals surface area contributed by atoms with E-state index >= 15 is 0 Å². The molecule has 1 aromatic heterocycles. The van der Waals surface area contributed by atoms with Crippen LogP contribution in [-0.2, 0) is 6.54 Å². The number of nitro groups is 1. The standard InChI is InChI=1S/C13H13N3O3/c17-13-14(7-8-15(13)11-5-6-11)9-10-1-3-12(4-2-10)16(18)19/h1-4,7-8,11H,5-6,9H2. The van der Waals surface area contributed by atoms with Crippen molar-refractivity contribution in [2.45, 2.75) is 25.4 Å². The molecule has 3 rings (SSSR count). The lowest BCUT2D eigenvalue weighted by atomic mass is 10.2. The van der Waals surface area contributed by atoms with Gasteiger partial charge in [-0.25, -0.2) is 4.79 Å². The van der Waals surface area contributed by atoms with Crippen molar-refractivity contribution in [3.63, 3.8) is 0 Å². The van der Waals surface area contributed by atoms with E-state index in [9.17, 15) is 14.9 Å². The largest absolute Gasteiger partial charge is 0.328 e. The van der Waals surface area contributed by atoms with Crippen molar-refractivity contribution in [3.05, 3.63) is 62.8 Å². The lowest BCUT2D eigenvalue weighted by Gasteiger charge is -2.02. The van der Waals surface area contributed by atoms with E-state index in [1.165, 1.54) is 12.1 Å². The highest BCUT2D eigenvalue weighted by atomic mass is 16.6. The molecule has 98 valence electrons. The third kappa shape index (κ3) is 2.29. The highest BCUT2D eigenvalue weighted by Crippen LogP contribution is 2.33. The first-order valence-corrected chi connectivity index (χ1v) is 6.16. The van der Waals surface area contributed by atoms with E-state index in [0.29, 0.717) is 12.6 Å². The van der Waals surface area contributed by atoms with Crippen LogP contribution in [0.25, 0.3) is 0 Å². The zero-order valence-electron chi connectivity index (χ0n) is 10.2. The van der Waals surface area contributed by atoms with E-state index in [1.807, 2.05) is 6.20 Å². The van der Waals surface area contributed by atoms with Crippen LogP contribution in [0.2, 0.25) is 0 Å². The summed E-state index contributed by atoms with van der Waals surface area (Å²) in [6.07, 6.45) is 5.72. The summed E-state index contributed by atoms with van der Waals surface area (Å²) < 4.78 is 3.38. The minimum Gasteiger partial charge on any atom is -0.296 e. The van der Waals surface area contributed by atoms with Gasteiger partial charge in [-0.15, -0.1) is 0 Å². The maximum Gasteiger partial charge on any atom is 0.328 e. The number of aromatic nitrogens is 2. The molecule has 1 heterocycles. The van der Waals surface area contributed by atoms with Crippen LogP contribution in [0.4, 0.5) is 5.69 Å². The van der Waals surface area contributed by atoms with Crippen LogP contribution in [0.3, 0.4) is 0 Å². The summed E-state index contributed by atoms with van der Waals surface area (Å²) in [7, 11) is 0. The van der Waals surface area contributed by atoms with E-state index in [1.54, 1.807) is 27.5 Å². The van der Waals surface area contributed by atoms with Gasteiger partial charge >= 0.3 is 5.69 Å². The van der Waals surface area contributed by atoms with Gasteiger partial charge in [-0.1, -0.05) is 12.1 Å². The van der Waals surface area contributed by atoms with Gasteiger partial charge in [0.1, 0.15) is 0 Å². The van der Waals surface area contributed by atoms with Crippen molar-refractivity contribution in [2.24, 2.45) is 0 Å². The van der Waals surface area contributed by atoms with Crippen molar-refractivity contribution >= 4 is 5.69 Å². The fourth-order valence-electron chi connectivity index (χ4n) is 2.10. The Morgan fingerprint density at radius 2 is 1.89 bits per heavy atom. The van der Waals surface area contributed by atoms with Gasteiger partial charge in [0.25, 0.3) is 5.69 Å². The zero-order chi connectivity index (χ0) is 13.4. The van der Waals surface area contributed by atoms with E-state index in [4.69, 9.17) is 0 Å². The first-order valence-electron chi connectivity index (χ1n) is 6.16. The highest BCUT2D eigenvalue weighted by molar-refractivity contribution is 5.32. The van der Waals surface area contributed by atoms with Crippen molar-refractivity contribution in [1.29, 1.82) is 0 Å². The Morgan fingerprint density at radius 1 is 1.21 bits per heavy atom. The molecular formula is C13H13N3O3. The number of hydrogen-bond donors (Lipinski definition) is 0. The quantitative estimate of drug-likeness (QED) is 0.622. The van der Waals surface area contributed by atoms with E-state index in [-0.39, 0.29) is 11.4 Å². The monoisotopic (exact) mass is 259 g/mol. The Bertz CT molecular complexity index is 665. The Hall–Kier alpha value is -2.37. The maximum absolute atomic E-state index is 12.0. The molecule has 6 nitrogen and oxygen atoms in total. The average Bonchev–Trinajstić information content (AvgIpc) is 3.17. The molecule has 2 aromatic rings. The molecule has 1 aliphatic rings. The fourth-order valence-corrected chi connectivity index (χ4v) is 2.10. The second-order valence-electron chi connectivity index (χ2n) is 4.77. The summed E-state index contributed by atoms with van der Waals surface area (Å²) in [4.78, 5) is 22.2. The number of benzene rings is 1. The molecule has 1 saturated carbocycles. The second-order valence-corrected chi connectivity index (χ2v) is 4.77. The SMILES string of the molecule is O=c1n(Cc2ccc([N+](=O)[O-])cc2)ccn1C1CC1. The van der Waals surface area contributed by atoms with Gasteiger partial charge in [-0.3, -0.25) is 19.2 Å². The van der Waals surface area contributed by atoms with Crippen LogP contribution >= 0.6 is 0 Å². The zero-order valence-corrected chi connectivity index (χ0v) is 10.2. The summed E-state index contributed by atoms with van der Waals surface area (Å²) >= 11 is 0. The molecule has 0 aliphatic heterocycles. The van der Waals surface area contributed by atoms with Crippen LogP contribution in [0, 0.1) is 10.1 Å². The third-order valence-electron chi connectivity index (χ3n) is 3.31. The van der Waals surface area contributed by atoms with Crippen molar-refractivity contribution in [1.82, 2.24) is 9.13 Å². The number of nitro benzene ring substituents is 1. The predicted molar refractivity (Wildman–Crippen MR) is 69.2 cm³/mol. The molecule has 0 saturated heterocycles. The lowest BCUT2D eigenvalue weighted by molar-refractivity contribution is -0.384. The predicted octanol–water partition coefficient (Wildman–Crippen LogP) is 1.94. The van der Waals surface area contributed by atoms with Crippen LogP contribution < -0.4 is 5.69 Å². The van der Waals surface area contributed by atoms with E-state index in [2.05, 4.69) is 0 Å². The van der Waals surface area contributed by atoms with Crippen LogP contribution in [0.1, 0.15) is 24.4 Å². The lowest BCUT2D eigenvalue weighted by Crippen LogP contribution is -2.23. The molecule has 0 spiro atoms. The van der Waals surface area contributed by atoms with E-state index < -0.39 is 4.92 Å². The van der Waals surface area contributed by atoms with Gasteiger partial charge in [-0.05, 0) is 18.4 Å². The summed E-state index contributed by atoms with van der Waals surface area (Å²) in [6, 6.07) is 6.64. The van der Waals surface area contributed by atoms with Crippen LogP contribution in [0.5, 0.6) is 0 Å². The molecule has 1 aliphatic carbocycles. The van der Waals surface area contributed by atoms with Gasteiger partial charge in [0.05, 0.1) is 11.5 Å². The van der Waals surface area contributed by atoms with E-state index in [0.717, 1.165) is 18.4 Å². The molecule has 0 amide bonds. The molecule has 0 atom stereocenters. The van der Waals surface area contributed by atoms with Gasteiger partial charge in [0.15, 0.2) is 0 Å². The summed E-state index contributed by atoms with van der Waals surface area (Å²) in [5.41, 5.74) is 0.925. The van der Waals surface area contributed by atoms with Gasteiger partial charge in [-0.2, -0.15) is 0 Å². The number of non-ortho nitro benzene ring substituents is 1. The topological polar surface area (TPSA) is 70.1 Å². The van der Waals surface area contributed by atoms with Crippen molar-refractivity contribution < 1.29 is 4.92 Å². The number of hydrogen-bond acceptors (Lipinski definition) is 3. The Morgan fingerprint density at radius 3 is 2.47 bits per heavy atom. The minimum atomic E-state index is -0.431. The van der Waals surface area contributed by atoms with Gasteiger partial charge < -0.3 is 0 Å². The molecule has 0 bridgehead atoms. The smallest absolute Gasteiger partial charge is 0.296 e. The molecular weight excluding hydrogens is 246 g/mol. The highest BCUT2D eigenvalue weighted by Gasteiger charge is 2.25. The normalized spacial score (nSPS) is 14.5. The number of imidazole rings is 1. The molecule has 6 heteroatoms. The summed E-state index contributed by atoms with van der Waals surface area (Å²) in [5.74, 6) is 0. The first kappa shape index (κ1) is 11.7. The van der Waals surface area contributed by atoms with Crippen molar-refractivity contribution in [2.75, 3.05) is 0 Å². The minimum absolute atomic E-state index is 0.0131. The molecule has 19 heavy (non-hydrogen) atoms. The Kier molecular flexibility index (Phi) is 2.70. The van der Waals surface area contributed by atoms with Gasteiger partial charge in [0, 0.05) is 30.6 Å². The molecule has 1 fully saturated rings. The molecule has 1 aromatic carbocycles. The second kappa shape index (κ2) is 4.38. The maximum atomic E-state index is 12.0. The fraction of sp³-hybridized carbons (Fsp3) is 0.308. The van der Waals surface area contributed by atoms with Gasteiger partial charge in [0.2, 0.25) is 0 Å². The number of nitrogens with zero attached hydrogens (tertiary/aromatic N) is 3. The first-order chi connectivity index (χ1) is 9.15. The van der Waals surface area contributed by atoms with Crippen LogP contribution in [-0.4, -0.2) is 14.1 Å². The van der Waals surface area contributed by atoms with Crippen molar-refractivity contribution in [3.8, 4) is 0 Å². The van der Waals surface area contributed by atoms with Crippen LogP contribution in [0.15, 0.2) is 41.5 Å². The Balaban J connectivity index is 1.81. The Labute approximate surface area is 109 Å². The summed E-state index contributed by atoms with van der Waals surface area (Å²) in [5, 5.41) is 10.6. The molecule has 0 N–H and O–H groups in total.